The number of H-pyrrole nitrogens is 1. The molecular weight excluding hydrogens is 554 g/mol. The van der Waals surface area contributed by atoms with Crippen molar-refractivity contribution in [3.05, 3.63) is 131 Å². The van der Waals surface area contributed by atoms with Crippen molar-refractivity contribution in [1.82, 2.24) is 19.7 Å². The number of furan rings is 1. The summed E-state index contributed by atoms with van der Waals surface area (Å²) in [6, 6.07) is 26.4. The largest absolute Gasteiger partial charge is 0.451 e. The second kappa shape index (κ2) is 8.90. The summed E-state index contributed by atoms with van der Waals surface area (Å²) < 4.78 is 7.48. The first-order valence-corrected chi connectivity index (χ1v) is 14.6. The summed E-state index contributed by atoms with van der Waals surface area (Å²) in [6.45, 7) is 1.07. The van der Waals surface area contributed by atoms with E-state index in [2.05, 4.69) is 15.4 Å². The van der Waals surface area contributed by atoms with E-state index >= 15 is 0 Å². The molecule has 3 aliphatic rings. The Morgan fingerprint density at radius 2 is 1.84 bits per heavy atom. The zero-order valence-corrected chi connectivity index (χ0v) is 23.4. The molecule has 9 heteroatoms. The number of aromatic nitrogens is 3. The van der Waals surface area contributed by atoms with Gasteiger partial charge in [0.05, 0.1) is 12.7 Å². The minimum atomic E-state index is -0.352. The van der Waals surface area contributed by atoms with Crippen LogP contribution in [0.25, 0.3) is 21.9 Å². The number of nitrogens with one attached hydrogen (secondary N) is 2. The third-order valence-corrected chi connectivity index (χ3v) is 9.26. The number of carbonyl (C=O) groups is 3. The highest BCUT2D eigenvalue weighted by Crippen LogP contribution is 2.66. The lowest BCUT2D eigenvalue weighted by Gasteiger charge is -2.27. The van der Waals surface area contributed by atoms with Crippen LogP contribution in [0.5, 0.6) is 0 Å². The number of ketones is 1. The van der Waals surface area contributed by atoms with E-state index in [0.29, 0.717) is 35.7 Å². The number of likely N-dealkylation sites (tertiary alicyclic amines) is 1. The van der Waals surface area contributed by atoms with Gasteiger partial charge in [-0.1, -0.05) is 48.5 Å². The van der Waals surface area contributed by atoms with E-state index in [1.165, 1.54) is 0 Å². The van der Waals surface area contributed by atoms with E-state index < -0.39 is 0 Å². The number of hydrogen-bond acceptors (Lipinski definition) is 5. The highest BCUT2D eigenvalue weighted by atomic mass is 16.3. The van der Waals surface area contributed by atoms with Crippen LogP contribution in [-0.4, -0.2) is 43.8 Å². The standard InChI is InChI=1S/C35H25N5O4/c41-28-15-31-35(25-17-36-40(32(25)28)18-20-6-2-1-3-7-20)16-23(35)19-39(31)34(43)27-13-22-12-24(10-11-26(22)38-27)37-33(42)30-14-21-8-4-5-9-29(21)44-30/h1-15,17,23,38H,16,18-19H2,(H,37,42). The van der Waals surface area contributed by atoms with Crippen molar-refractivity contribution in [3.8, 4) is 0 Å². The number of piperidine rings is 1. The van der Waals surface area contributed by atoms with Gasteiger partial charge >= 0.3 is 0 Å². The molecule has 6 aromatic rings. The number of rotatable bonds is 5. The van der Waals surface area contributed by atoms with Crippen LogP contribution in [0.4, 0.5) is 5.69 Å². The van der Waals surface area contributed by atoms with Gasteiger partial charge in [-0.3, -0.25) is 19.1 Å². The molecule has 3 aromatic heterocycles. The molecule has 2 fully saturated rings. The summed E-state index contributed by atoms with van der Waals surface area (Å²) in [5.74, 6) is -0.180. The first kappa shape index (κ1) is 24.9. The fraction of sp³-hybridized carbons (Fsp3) is 0.143. The van der Waals surface area contributed by atoms with Crippen molar-refractivity contribution in [2.75, 3.05) is 11.9 Å². The normalized spacial score (nSPS) is 19.9. The smallest absolute Gasteiger partial charge is 0.291 e. The Labute approximate surface area is 250 Å². The fourth-order valence-corrected chi connectivity index (χ4v) is 7.09. The number of hydrogen-bond donors (Lipinski definition) is 2. The van der Waals surface area contributed by atoms with E-state index in [4.69, 9.17) is 4.42 Å². The molecular formula is C35H25N5O4. The molecule has 9 rings (SSSR count). The van der Waals surface area contributed by atoms with Crippen LogP contribution < -0.4 is 5.32 Å². The van der Waals surface area contributed by atoms with E-state index in [0.717, 1.165) is 39.5 Å². The highest BCUT2D eigenvalue weighted by molar-refractivity contribution is 6.09. The number of carbonyl (C=O) groups excluding carboxylic acids is 3. The molecule has 4 heterocycles. The number of para-hydroxylation sites is 1. The van der Waals surface area contributed by atoms with Gasteiger partial charge in [-0.25, -0.2) is 0 Å². The van der Waals surface area contributed by atoms with Gasteiger partial charge in [-0.2, -0.15) is 5.10 Å². The Bertz CT molecular complexity index is 2190. The molecule has 0 radical (unpaired) electrons. The quantitative estimate of drug-likeness (QED) is 0.264. The van der Waals surface area contributed by atoms with Gasteiger partial charge in [-0.05, 0) is 54.3 Å². The lowest BCUT2D eigenvalue weighted by molar-refractivity contribution is 0.0806. The van der Waals surface area contributed by atoms with Crippen molar-refractivity contribution in [2.24, 2.45) is 5.92 Å². The van der Waals surface area contributed by atoms with Crippen molar-refractivity contribution < 1.29 is 18.8 Å². The molecule has 1 aliphatic heterocycles. The summed E-state index contributed by atoms with van der Waals surface area (Å²) in [4.78, 5) is 45.2. The van der Waals surface area contributed by atoms with Crippen LogP contribution in [0.2, 0.25) is 0 Å². The van der Waals surface area contributed by atoms with Gasteiger partial charge in [0.15, 0.2) is 5.76 Å². The van der Waals surface area contributed by atoms with E-state index in [9.17, 15) is 14.4 Å². The lowest BCUT2D eigenvalue weighted by atomic mass is 9.85. The highest BCUT2D eigenvalue weighted by Gasteiger charge is 2.68. The predicted molar refractivity (Wildman–Crippen MR) is 163 cm³/mol. The average molecular weight is 580 g/mol. The number of benzene rings is 3. The molecule has 1 spiro atoms. The number of amides is 2. The van der Waals surface area contributed by atoms with Gasteiger partial charge in [0.25, 0.3) is 11.8 Å². The molecule has 2 N–H and O–H groups in total. The van der Waals surface area contributed by atoms with E-state index in [-0.39, 0.29) is 34.7 Å². The molecule has 2 aliphatic carbocycles. The number of allylic oxidation sites excluding steroid dienone is 2. The maximum atomic E-state index is 13.9. The minimum absolute atomic E-state index is 0.124. The molecule has 1 saturated carbocycles. The Morgan fingerprint density at radius 1 is 1.00 bits per heavy atom. The zero-order valence-electron chi connectivity index (χ0n) is 23.4. The average Bonchev–Trinajstić information content (AvgIpc) is 3.50. The minimum Gasteiger partial charge on any atom is -0.451 e. The van der Waals surface area contributed by atoms with Crippen molar-refractivity contribution in [3.63, 3.8) is 0 Å². The number of fused-ring (bicyclic) bond motifs is 3. The molecule has 1 saturated heterocycles. The van der Waals surface area contributed by atoms with Crippen LogP contribution in [0.1, 0.15) is 49.1 Å². The molecule has 44 heavy (non-hydrogen) atoms. The number of nitrogens with zero attached hydrogens (tertiary/aromatic N) is 3. The molecule has 2 atom stereocenters. The molecule has 0 bridgehead atoms. The van der Waals surface area contributed by atoms with Crippen molar-refractivity contribution in [1.29, 1.82) is 0 Å². The topological polar surface area (TPSA) is 113 Å². The van der Waals surface area contributed by atoms with Gasteiger partial charge in [-0.15, -0.1) is 0 Å². The summed E-state index contributed by atoms with van der Waals surface area (Å²) in [5, 5.41) is 9.14. The number of aromatic amines is 1. The first-order chi connectivity index (χ1) is 21.5. The van der Waals surface area contributed by atoms with E-state index in [1.807, 2.05) is 72.9 Å². The zero-order chi connectivity index (χ0) is 29.6. The summed E-state index contributed by atoms with van der Waals surface area (Å²) in [7, 11) is 0. The molecule has 2 unspecified atom stereocenters. The Balaban J connectivity index is 0.973. The first-order valence-electron chi connectivity index (χ1n) is 14.6. The van der Waals surface area contributed by atoms with Crippen LogP contribution in [-0.2, 0) is 12.0 Å². The monoisotopic (exact) mass is 579 g/mol. The fourth-order valence-electron chi connectivity index (χ4n) is 7.09. The Morgan fingerprint density at radius 3 is 2.70 bits per heavy atom. The SMILES string of the molecule is O=C(Nc1ccc2[nH]c(C(=O)N3CC4CC45C3=CC(=O)c3c5cnn3Cc3ccccc3)cc2c1)c1cc2ccccc2o1. The number of anilines is 1. The van der Waals surface area contributed by atoms with Crippen LogP contribution >= 0.6 is 0 Å². The van der Waals surface area contributed by atoms with Crippen molar-refractivity contribution in [2.45, 2.75) is 18.4 Å². The van der Waals surface area contributed by atoms with E-state index in [1.54, 1.807) is 33.9 Å². The summed E-state index contributed by atoms with van der Waals surface area (Å²) in [6.07, 6.45) is 4.37. The maximum Gasteiger partial charge on any atom is 0.291 e. The van der Waals surface area contributed by atoms with Gasteiger partial charge in [0.2, 0.25) is 5.78 Å². The summed E-state index contributed by atoms with van der Waals surface area (Å²) in [5.41, 5.74) is 5.48. The summed E-state index contributed by atoms with van der Waals surface area (Å²) >= 11 is 0. The second-order valence-corrected chi connectivity index (χ2v) is 11.8. The maximum absolute atomic E-state index is 13.9. The van der Waals surface area contributed by atoms with Crippen molar-refractivity contribution >= 4 is 45.2 Å². The molecule has 3 aromatic carbocycles. The second-order valence-electron chi connectivity index (χ2n) is 11.8. The third kappa shape index (κ3) is 3.59. The lowest BCUT2D eigenvalue weighted by Crippen LogP contribution is -2.34. The van der Waals surface area contributed by atoms with Crippen LogP contribution in [0, 0.1) is 5.92 Å². The molecule has 9 nitrogen and oxygen atoms in total. The van der Waals surface area contributed by atoms with Gasteiger partial charge in [0, 0.05) is 51.3 Å². The Hall–Kier alpha value is -5.70. The third-order valence-electron chi connectivity index (χ3n) is 9.26. The Kier molecular flexibility index (Phi) is 5.03. The molecule has 214 valence electrons. The van der Waals surface area contributed by atoms with Gasteiger partial charge in [0.1, 0.15) is 17.0 Å². The van der Waals surface area contributed by atoms with Crippen LogP contribution in [0.3, 0.4) is 0 Å². The van der Waals surface area contributed by atoms with Crippen LogP contribution in [0.15, 0.2) is 107 Å². The molecule has 2 amide bonds. The van der Waals surface area contributed by atoms with Gasteiger partial charge < -0.3 is 19.6 Å². The predicted octanol–water partition coefficient (Wildman–Crippen LogP) is 5.91.